The van der Waals surface area contributed by atoms with Crippen LogP contribution >= 0.6 is 11.8 Å². The molecule has 0 aliphatic rings. The third-order valence-electron chi connectivity index (χ3n) is 2.11. The van der Waals surface area contributed by atoms with Gasteiger partial charge >= 0.3 is 5.69 Å². The van der Waals surface area contributed by atoms with Crippen molar-refractivity contribution in [2.45, 2.75) is 10.1 Å². The number of aromatic amines is 1. The summed E-state index contributed by atoms with van der Waals surface area (Å²) in [6.07, 6.45) is 0. The normalized spacial score (nSPS) is 10.8. The second-order valence-corrected chi connectivity index (χ2v) is 4.23. The minimum absolute atomic E-state index is 0.0874. The molecule has 0 saturated heterocycles. The zero-order chi connectivity index (χ0) is 12.6. The van der Waals surface area contributed by atoms with Crippen LogP contribution in [0.3, 0.4) is 0 Å². The van der Waals surface area contributed by atoms with Crippen LogP contribution in [0.4, 0.5) is 14.5 Å². The maximum absolute atomic E-state index is 13.5. The molecule has 1 aromatic carbocycles. The van der Waals surface area contributed by atoms with Gasteiger partial charge in [-0.05, 0) is 23.9 Å². The fourth-order valence-electron chi connectivity index (χ4n) is 1.17. The van der Waals surface area contributed by atoms with E-state index >= 15 is 0 Å². The molecule has 0 aliphatic carbocycles. The Balaban J connectivity index is 2.46. The highest BCUT2D eigenvalue weighted by Gasteiger charge is 2.16. The van der Waals surface area contributed by atoms with Crippen LogP contribution in [0.25, 0.3) is 0 Å². The largest absolute Gasteiger partial charge is 0.398 e. The molecular weight excluding hydrogens is 250 g/mol. The molecule has 0 aliphatic heterocycles. The van der Waals surface area contributed by atoms with Crippen LogP contribution in [0.15, 0.2) is 27.0 Å². The van der Waals surface area contributed by atoms with Crippen LogP contribution < -0.4 is 11.4 Å². The van der Waals surface area contributed by atoms with E-state index in [1.54, 1.807) is 0 Å². The summed E-state index contributed by atoms with van der Waals surface area (Å²) in [6.45, 7) is 0. The van der Waals surface area contributed by atoms with Gasteiger partial charge in [-0.1, -0.05) is 0 Å². The molecule has 0 amide bonds. The van der Waals surface area contributed by atoms with Gasteiger partial charge in [0, 0.05) is 12.7 Å². The zero-order valence-corrected chi connectivity index (χ0v) is 9.52. The first-order valence-electron chi connectivity index (χ1n) is 4.53. The van der Waals surface area contributed by atoms with Gasteiger partial charge in [-0.15, -0.1) is 5.10 Å². The smallest absolute Gasteiger partial charge is 0.343 e. The van der Waals surface area contributed by atoms with Crippen molar-refractivity contribution in [3.63, 3.8) is 0 Å². The first-order chi connectivity index (χ1) is 8.00. The van der Waals surface area contributed by atoms with Gasteiger partial charge in [-0.2, -0.15) is 0 Å². The van der Waals surface area contributed by atoms with Gasteiger partial charge in [0.15, 0.2) is 16.8 Å². The number of nitrogens with zero attached hydrogens (tertiary/aromatic N) is 2. The molecule has 0 fully saturated rings. The molecule has 2 aromatic rings. The Hall–Kier alpha value is -1.83. The first-order valence-corrected chi connectivity index (χ1v) is 5.35. The number of aromatic nitrogens is 3. The van der Waals surface area contributed by atoms with E-state index in [0.717, 1.165) is 17.8 Å². The number of nitrogen functional groups attached to an aromatic ring is 1. The van der Waals surface area contributed by atoms with E-state index in [1.165, 1.54) is 17.7 Å². The zero-order valence-electron chi connectivity index (χ0n) is 8.70. The van der Waals surface area contributed by atoms with Crippen molar-refractivity contribution in [1.82, 2.24) is 14.8 Å². The van der Waals surface area contributed by atoms with E-state index in [9.17, 15) is 13.6 Å². The predicted octanol–water partition coefficient (Wildman–Crippen LogP) is 1.12. The molecule has 1 heterocycles. The fourth-order valence-corrected chi connectivity index (χ4v) is 2.03. The quantitative estimate of drug-likeness (QED) is 0.791. The van der Waals surface area contributed by atoms with E-state index in [1.807, 2.05) is 0 Å². The molecule has 90 valence electrons. The topological polar surface area (TPSA) is 76.7 Å². The van der Waals surface area contributed by atoms with Gasteiger partial charge < -0.3 is 5.73 Å². The Morgan fingerprint density at radius 1 is 1.47 bits per heavy atom. The van der Waals surface area contributed by atoms with Crippen molar-refractivity contribution in [1.29, 1.82) is 0 Å². The molecular formula is C9H8F2N4OS. The summed E-state index contributed by atoms with van der Waals surface area (Å²) in [5.41, 5.74) is 5.19. The minimum atomic E-state index is -1.05. The number of rotatable bonds is 2. The number of H-pyrrole nitrogens is 1. The Labute approximate surface area is 98.6 Å². The van der Waals surface area contributed by atoms with Crippen LogP contribution in [0.1, 0.15) is 0 Å². The summed E-state index contributed by atoms with van der Waals surface area (Å²) in [5, 5.41) is 6.06. The van der Waals surface area contributed by atoms with Crippen LogP contribution in [0.2, 0.25) is 0 Å². The Bertz CT molecular complexity index is 622. The molecule has 3 N–H and O–H groups in total. The van der Waals surface area contributed by atoms with Crippen molar-refractivity contribution >= 4 is 17.4 Å². The molecule has 5 nitrogen and oxygen atoms in total. The number of benzene rings is 1. The molecule has 8 heteroatoms. The minimum Gasteiger partial charge on any atom is -0.398 e. The number of nitrogens with one attached hydrogen (secondary N) is 1. The lowest BCUT2D eigenvalue weighted by molar-refractivity contribution is 0.492. The molecule has 0 unspecified atom stereocenters. The number of hydrogen-bond acceptors (Lipinski definition) is 4. The van der Waals surface area contributed by atoms with Crippen LogP contribution in [-0.4, -0.2) is 14.8 Å². The molecule has 1 aromatic heterocycles. The van der Waals surface area contributed by atoms with E-state index in [-0.39, 0.29) is 15.7 Å². The average molecular weight is 258 g/mol. The van der Waals surface area contributed by atoms with Gasteiger partial charge in [0.1, 0.15) is 0 Å². The monoisotopic (exact) mass is 258 g/mol. The lowest BCUT2D eigenvalue weighted by Gasteiger charge is -2.06. The third-order valence-corrected chi connectivity index (χ3v) is 3.28. The third kappa shape index (κ3) is 2.03. The average Bonchev–Trinajstić information content (AvgIpc) is 2.61. The Morgan fingerprint density at radius 3 is 2.76 bits per heavy atom. The molecule has 0 bridgehead atoms. The summed E-state index contributed by atoms with van der Waals surface area (Å²) in [7, 11) is 1.46. The van der Waals surface area contributed by atoms with Gasteiger partial charge in [0.25, 0.3) is 0 Å². The molecule has 2 rings (SSSR count). The summed E-state index contributed by atoms with van der Waals surface area (Å²) in [5.74, 6) is -2.05. The van der Waals surface area contributed by atoms with Crippen molar-refractivity contribution in [3.05, 3.63) is 34.3 Å². The molecule has 17 heavy (non-hydrogen) atoms. The number of anilines is 1. The SMILES string of the molecule is Cn1c(Sc2c(N)ccc(F)c2F)n[nH]c1=O. The Morgan fingerprint density at radius 2 is 2.18 bits per heavy atom. The van der Waals surface area contributed by atoms with Crippen molar-refractivity contribution in [3.8, 4) is 0 Å². The predicted molar refractivity (Wildman–Crippen MR) is 58.7 cm³/mol. The van der Waals surface area contributed by atoms with Gasteiger partial charge in [0.05, 0.1) is 4.90 Å². The number of nitrogens with two attached hydrogens (primary N) is 1. The summed E-state index contributed by atoms with van der Waals surface area (Å²) >= 11 is 0.783. The van der Waals surface area contributed by atoms with Gasteiger partial charge in [-0.25, -0.2) is 18.7 Å². The Kier molecular flexibility index (Phi) is 2.88. The molecule has 0 saturated carbocycles. The second-order valence-electron chi connectivity index (χ2n) is 3.25. The molecule has 0 radical (unpaired) electrons. The van der Waals surface area contributed by atoms with Crippen LogP contribution in [0, 0.1) is 11.6 Å². The maximum Gasteiger partial charge on any atom is 0.343 e. The highest BCUT2D eigenvalue weighted by Crippen LogP contribution is 2.33. The van der Waals surface area contributed by atoms with Gasteiger partial charge in [0.2, 0.25) is 0 Å². The summed E-state index contributed by atoms with van der Waals surface area (Å²) < 4.78 is 27.7. The standard InChI is InChI=1S/C9H8F2N4OS/c1-15-8(16)13-14-9(15)17-7-5(12)3-2-4(10)6(7)11/h2-3H,12H2,1H3,(H,13,16). The lowest BCUT2D eigenvalue weighted by atomic mass is 10.3. The molecule has 0 spiro atoms. The van der Waals surface area contributed by atoms with Crippen molar-refractivity contribution in [2.24, 2.45) is 7.05 Å². The van der Waals surface area contributed by atoms with E-state index in [4.69, 9.17) is 5.73 Å². The van der Waals surface area contributed by atoms with Crippen LogP contribution in [0.5, 0.6) is 0 Å². The maximum atomic E-state index is 13.5. The highest BCUT2D eigenvalue weighted by molar-refractivity contribution is 7.99. The lowest BCUT2D eigenvalue weighted by Crippen LogP contribution is -2.12. The highest BCUT2D eigenvalue weighted by atomic mass is 32.2. The van der Waals surface area contributed by atoms with Gasteiger partial charge in [-0.3, -0.25) is 4.57 Å². The second kappa shape index (κ2) is 4.21. The first kappa shape index (κ1) is 11.6. The molecule has 0 atom stereocenters. The number of hydrogen-bond donors (Lipinski definition) is 2. The van der Waals surface area contributed by atoms with E-state index in [2.05, 4.69) is 10.2 Å². The fraction of sp³-hybridized carbons (Fsp3) is 0.111. The number of halogens is 2. The summed E-state index contributed by atoms with van der Waals surface area (Å²) in [4.78, 5) is 11.0. The summed E-state index contributed by atoms with van der Waals surface area (Å²) in [6, 6.07) is 2.20. The van der Waals surface area contributed by atoms with Crippen molar-refractivity contribution < 1.29 is 8.78 Å². The van der Waals surface area contributed by atoms with E-state index in [0.29, 0.717) is 0 Å². The van der Waals surface area contributed by atoms with Crippen LogP contribution in [-0.2, 0) is 7.05 Å². The van der Waals surface area contributed by atoms with Crippen molar-refractivity contribution in [2.75, 3.05) is 5.73 Å². The van der Waals surface area contributed by atoms with E-state index < -0.39 is 17.3 Å².